The summed E-state index contributed by atoms with van der Waals surface area (Å²) in [5.41, 5.74) is 2.57. The molecule has 0 aliphatic rings. The van der Waals surface area contributed by atoms with Crippen LogP contribution >= 0.6 is 0 Å². The van der Waals surface area contributed by atoms with E-state index in [1.54, 1.807) is 41.8 Å². The summed E-state index contributed by atoms with van der Waals surface area (Å²) in [5, 5.41) is 0. The summed E-state index contributed by atoms with van der Waals surface area (Å²) in [6.45, 7) is 0. The largest absolute Gasteiger partial charge is 0.493 e. The Morgan fingerprint density at radius 3 is 1.89 bits per heavy atom. The van der Waals surface area contributed by atoms with E-state index in [0.717, 1.165) is 16.7 Å². The van der Waals surface area contributed by atoms with E-state index in [-0.39, 0.29) is 0 Å². The Hall–Kier alpha value is -3.28. The van der Waals surface area contributed by atoms with Crippen molar-refractivity contribution in [2.45, 2.75) is 0 Å². The van der Waals surface area contributed by atoms with Crippen LogP contribution in [0, 0.1) is 0 Å². The number of ether oxygens (including phenoxy) is 5. The van der Waals surface area contributed by atoms with Gasteiger partial charge < -0.3 is 28.1 Å². The molecule has 6 nitrogen and oxygen atoms in total. The van der Waals surface area contributed by atoms with Crippen LogP contribution in [0.15, 0.2) is 47.1 Å². The number of hydrogen-bond donors (Lipinski definition) is 0. The van der Waals surface area contributed by atoms with Gasteiger partial charge in [0.15, 0.2) is 23.0 Å². The van der Waals surface area contributed by atoms with Gasteiger partial charge in [0.1, 0.15) is 5.76 Å². The first-order valence-corrected chi connectivity index (χ1v) is 8.27. The monoisotopic (exact) mass is 370 g/mol. The van der Waals surface area contributed by atoms with Gasteiger partial charge >= 0.3 is 0 Å². The minimum Gasteiger partial charge on any atom is -0.493 e. The van der Waals surface area contributed by atoms with Crippen LogP contribution in [0.1, 0.15) is 0 Å². The molecule has 27 heavy (non-hydrogen) atoms. The van der Waals surface area contributed by atoms with Gasteiger partial charge in [0.05, 0.1) is 47.4 Å². The summed E-state index contributed by atoms with van der Waals surface area (Å²) in [7, 11) is 7.95. The van der Waals surface area contributed by atoms with Gasteiger partial charge in [0.25, 0.3) is 0 Å². The quantitative estimate of drug-likeness (QED) is 0.603. The maximum atomic E-state index is 5.80. The zero-order valence-corrected chi connectivity index (χ0v) is 16.0. The van der Waals surface area contributed by atoms with Gasteiger partial charge in [-0.1, -0.05) is 6.07 Å². The van der Waals surface area contributed by atoms with E-state index in [0.29, 0.717) is 34.5 Å². The molecule has 3 aromatic rings. The van der Waals surface area contributed by atoms with Crippen molar-refractivity contribution in [1.82, 2.24) is 0 Å². The summed E-state index contributed by atoms with van der Waals surface area (Å²) in [5.74, 6) is 3.58. The molecule has 0 bridgehead atoms. The van der Waals surface area contributed by atoms with E-state index in [2.05, 4.69) is 0 Å². The lowest BCUT2D eigenvalue weighted by atomic mass is 10.0. The Kier molecular flexibility index (Phi) is 5.45. The van der Waals surface area contributed by atoms with Crippen LogP contribution in [-0.2, 0) is 0 Å². The lowest BCUT2D eigenvalue weighted by molar-refractivity contribution is 0.325. The fourth-order valence-electron chi connectivity index (χ4n) is 3.03. The first-order valence-electron chi connectivity index (χ1n) is 8.27. The second kappa shape index (κ2) is 7.95. The fraction of sp³-hybridized carbons (Fsp3) is 0.238. The molecule has 0 aliphatic carbocycles. The number of furan rings is 1. The van der Waals surface area contributed by atoms with Crippen LogP contribution in [0.5, 0.6) is 28.7 Å². The normalized spacial score (nSPS) is 10.4. The average Bonchev–Trinajstić information content (AvgIpc) is 3.21. The Balaban J connectivity index is 2.16. The minimum atomic E-state index is 0.507. The third kappa shape index (κ3) is 3.26. The smallest absolute Gasteiger partial charge is 0.204 e. The standard InChI is InChI=1S/C21H22O6/c1-22-16-8-6-13(12-18(16)24-3)14-10-11-27-19(14)15-7-9-17(23-2)21(26-5)20(15)25-4/h6-12H,1-5H3. The molecular weight excluding hydrogens is 348 g/mol. The Bertz CT molecular complexity index is 928. The molecule has 0 radical (unpaired) electrons. The van der Waals surface area contributed by atoms with Crippen molar-refractivity contribution >= 4 is 0 Å². The van der Waals surface area contributed by atoms with E-state index in [9.17, 15) is 0 Å². The zero-order chi connectivity index (χ0) is 19.4. The van der Waals surface area contributed by atoms with Crippen molar-refractivity contribution in [3.8, 4) is 51.2 Å². The molecule has 0 unspecified atom stereocenters. The molecule has 0 fully saturated rings. The van der Waals surface area contributed by atoms with Crippen LogP contribution in [0.25, 0.3) is 22.5 Å². The van der Waals surface area contributed by atoms with Gasteiger partial charge in [0, 0.05) is 5.56 Å². The highest BCUT2D eigenvalue weighted by Gasteiger charge is 2.22. The fourth-order valence-corrected chi connectivity index (χ4v) is 3.03. The number of hydrogen-bond acceptors (Lipinski definition) is 6. The maximum Gasteiger partial charge on any atom is 0.204 e. The van der Waals surface area contributed by atoms with Gasteiger partial charge in [0.2, 0.25) is 5.75 Å². The van der Waals surface area contributed by atoms with Crippen molar-refractivity contribution in [3.05, 3.63) is 42.7 Å². The number of benzene rings is 2. The highest BCUT2D eigenvalue weighted by atomic mass is 16.5. The number of methoxy groups -OCH3 is 5. The second-order valence-electron chi connectivity index (χ2n) is 5.62. The second-order valence-corrected chi connectivity index (χ2v) is 5.62. The predicted octanol–water partition coefficient (Wildman–Crippen LogP) is 4.66. The van der Waals surface area contributed by atoms with E-state index in [1.807, 2.05) is 36.4 Å². The molecule has 0 saturated heterocycles. The summed E-state index contributed by atoms with van der Waals surface area (Å²) in [6, 6.07) is 11.3. The SMILES string of the molecule is COc1ccc(-c2ccoc2-c2ccc(OC)c(OC)c2OC)cc1OC. The Labute approximate surface area is 158 Å². The highest BCUT2D eigenvalue weighted by molar-refractivity contribution is 5.85. The molecule has 0 amide bonds. The van der Waals surface area contributed by atoms with E-state index in [1.165, 1.54) is 0 Å². The minimum absolute atomic E-state index is 0.507. The van der Waals surface area contributed by atoms with Crippen molar-refractivity contribution in [2.24, 2.45) is 0 Å². The molecule has 6 heteroatoms. The summed E-state index contributed by atoms with van der Waals surface area (Å²) < 4.78 is 33.0. The molecule has 0 N–H and O–H groups in total. The molecule has 1 heterocycles. The van der Waals surface area contributed by atoms with Crippen LogP contribution in [-0.4, -0.2) is 35.5 Å². The van der Waals surface area contributed by atoms with Crippen LogP contribution in [0.2, 0.25) is 0 Å². The van der Waals surface area contributed by atoms with Crippen LogP contribution < -0.4 is 23.7 Å². The van der Waals surface area contributed by atoms with Crippen LogP contribution in [0.4, 0.5) is 0 Å². The van der Waals surface area contributed by atoms with Crippen molar-refractivity contribution in [2.75, 3.05) is 35.5 Å². The van der Waals surface area contributed by atoms with E-state index >= 15 is 0 Å². The Morgan fingerprint density at radius 2 is 1.26 bits per heavy atom. The van der Waals surface area contributed by atoms with Crippen molar-refractivity contribution in [1.29, 1.82) is 0 Å². The highest BCUT2D eigenvalue weighted by Crippen LogP contribution is 2.47. The third-order valence-electron chi connectivity index (χ3n) is 4.31. The zero-order valence-electron chi connectivity index (χ0n) is 16.0. The predicted molar refractivity (Wildman–Crippen MR) is 102 cm³/mol. The molecule has 0 atom stereocenters. The maximum absolute atomic E-state index is 5.80. The first kappa shape index (κ1) is 18.5. The summed E-state index contributed by atoms with van der Waals surface area (Å²) in [6.07, 6.45) is 1.64. The molecule has 0 saturated carbocycles. The molecule has 0 aliphatic heterocycles. The van der Waals surface area contributed by atoms with Gasteiger partial charge in [-0.3, -0.25) is 0 Å². The van der Waals surface area contributed by atoms with Gasteiger partial charge in [-0.15, -0.1) is 0 Å². The molecule has 142 valence electrons. The Morgan fingerprint density at radius 1 is 0.593 bits per heavy atom. The van der Waals surface area contributed by atoms with Gasteiger partial charge in [-0.2, -0.15) is 0 Å². The summed E-state index contributed by atoms with van der Waals surface area (Å²) >= 11 is 0. The molecule has 1 aromatic heterocycles. The molecular formula is C21H22O6. The molecule has 0 spiro atoms. The molecule has 3 rings (SSSR count). The van der Waals surface area contributed by atoms with Gasteiger partial charge in [-0.25, -0.2) is 0 Å². The van der Waals surface area contributed by atoms with Crippen LogP contribution in [0.3, 0.4) is 0 Å². The average molecular weight is 370 g/mol. The third-order valence-corrected chi connectivity index (χ3v) is 4.31. The van der Waals surface area contributed by atoms with E-state index < -0.39 is 0 Å². The first-order chi connectivity index (χ1) is 13.2. The van der Waals surface area contributed by atoms with Crippen molar-refractivity contribution < 1.29 is 28.1 Å². The molecule has 2 aromatic carbocycles. The lowest BCUT2D eigenvalue weighted by Crippen LogP contribution is -1.97. The van der Waals surface area contributed by atoms with Gasteiger partial charge in [-0.05, 0) is 35.9 Å². The van der Waals surface area contributed by atoms with E-state index in [4.69, 9.17) is 28.1 Å². The summed E-state index contributed by atoms with van der Waals surface area (Å²) in [4.78, 5) is 0. The lowest BCUT2D eigenvalue weighted by Gasteiger charge is -2.15. The van der Waals surface area contributed by atoms with Crippen molar-refractivity contribution in [3.63, 3.8) is 0 Å². The number of rotatable bonds is 7. The topological polar surface area (TPSA) is 59.3 Å².